The lowest BCUT2D eigenvalue weighted by Crippen LogP contribution is -2.38. The van der Waals surface area contributed by atoms with Crippen LogP contribution < -0.4 is 9.96 Å². The van der Waals surface area contributed by atoms with Crippen LogP contribution in [-0.2, 0) is 20.6 Å². The molecule has 2 amide bonds. The third-order valence-electron chi connectivity index (χ3n) is 5.87. The molecule has 5 rings (SSSR count). The number of carbonyl (C=O) groups is 2. The smallest absolute Gasteiger partial charge is 0.273 e. The van der Waals surface area contributed by atoms with E-state index >= 15 is 0 Å². The molecular weight excluding hydrogens is 476 g/mol. The zero-order valence-corrected chi connectivity index (χ0v) is 17.9. The molecular formula is C24H15ClF4N2O3. The van der Waals surface area contributed by atoms with Crippen molar-refractivity contribution in [3.8, 4) is 0 Å². The summed E-state index contributed by atoms with van der Waals surface area (Å²) in [4.78, 5) is 33.1. The fourth-order valence-electron chi connectivity index (χ4n) is 4.45. The van der Waals surface area contributed by atoms with E-state index in [1.165, 1.54) is 23.3 Å². The average molecular weight is 491 g/mol. The van der Waals surface area contributed by atoms with Gasteiger partial charge in [-0.15, -0.1) is 0 Å². The molecule has 2 heterocycles. The molecule has 174 valence electrons. The van der Waals surface area contributed by atoms with Crippen molar-refractivity contribution < 1.29 is 32.0 Å². The Kier molecular flexibility index (Phi) is 5.33. The largest absolute Gasteiger partial charge is 0.418 e. The molecule has 2 fully saturated rings. The normalized spacial score (nSPS) is 22.4. The zero-order chi connectivity index (χ0) is 24.2. The first kappa shape index (κ1) is 22.4. The average Bonchev–Trinajstić information content (AvgIpc) is 3.30. The molecule has 0 bridgehead atoms. The summed E-state index contributed by atoms with van der Waals surface area (Å²) < 4.78 is 55.9. The highest BCUT2D eigenvalue weighted by molar-refractivity contribution is 6.31. The van der Waals surface area contributed by atoms with E-state index in [-0.39, 0.29) is 10.6 Å². The second-order valence-electron chi connectivity index (χ2n) is 7.82. The molecule has 2 aliphatic rings. The van der Waals surface area contributed by atoms with Crippen LogP contribution in [0, 0.1) is 11.7 Å². The lowest BCUT2D eigenvalue weighted by molar-refractivity contribution is -0.137. The minimum absolute atomic E-state index is 0.00966. The van der Waals surface area contributed by atoms with E-state index in [4.69, 9.17) is 16.4 Å². The van der Waals surface area contributed by atoms with Crippen LogP contribution in [0.25, 0.3) is 0 Å². The highest BCUT2D eigenvalue weighted by Gasteiger charge is 2.61. The van der Waals surface area contributed by atoms with Gasteiger partial charge in [0, 0.05) is 10.6 Å². The number of rotatable bonds is 3. The molecule has 3 aromatic rings. The molecule has 2 aliphatic heterocycles. The molecule has 0 unspecified atom stereocenters. The second-order valence-corrected chi connectivity index (χ2v) is 8.23. The monoisotopic (exact) mass is 490 g/mol. The third-order valence-corrected chi connectivity index (χ3v) is 6.20. The lowest BCUT2D eigenvalue weighted by atomic mass is 9.90. The molecule has 3 aromatic carbocycles. The van der Waals surface area contributed by atoms with Crippen LogP contribution in [0.2, 0.25) is 5.02 Å². The Morgan fingerprint density at radius 1 is 0.853 bits per heavy atom. The molecule has 0 aliphatic carbocycles. The first-order chi connectivity index (χ1) is 16.2. The van der Waals surface area contributed by atoms with Gasteiger partial charge in [-0.1, -0.05) is 48.0 Å². The Bertz CT molecular complexity index is 1260. The maximum Gasteiger partial charge on any atom is 0.418 e. The first-order valence-electron chi connectivity index (χ1n) is 10.2. The minimum Gasteiger partial charge on any atom is -0.273 e. The number of hydrogen-bond acceptors (Lipinski definition) is 4. The summed E-state index contributed by atoms with van der Waals surface area (Å²) in [6.07, 6.45) is -6.27. The number of hydroxylamine groups is 1. The number of benzene rings is 3. The number of alkyl halides is 3. The lowest BCUT2D eigenvalue weighted by Gasteiger charge is -2.29. The van der Waals surface area contributed by atoms with Crippen molar-refractivity contribution in [2.45, 2.75) is 18.3 Å². The number of halogens is 5. The molecule has 2 saturated heterocycles. The van der Waals surface area contributed by atoms with Gasteiger partial charge in [0.05, 0.1) is 16.9 Å². The van der Waals surface area contributed by atoms with Crippen molar-refractivity contribution in [2.24, 2.45) is 5.92 Å². The SMILES string of the molecule is O=C1[C@@H]2[C@@H](ON(c3ccccc3)[C@H]2c2c(F)cccc2Cl)C(=O)N1c1ccccc1C(F)(F)F. The van der Waals surface area contributed by atoms with Gasteiger partial charge in [0.15, 0.2) is 6.10 Å². The number of imide groups is 1. The summed E-state index contributed by atoms with van der Waals surface area (Å²) in [6.45, 7) is 0. The Balaban J connectivity index is 1.65. The molecule has 10 heteroatoms. The van der Waals surface area contributed by atoms with E-state index in [1.807, 2.05) is 0 Å². The number of carbonyl (C=O) groups excluding carboxylic acids is 2. The first-order valence-corrected chi connectivity index (χ1v) is 10.6. The van der Waals surface area contributed by atoms with Crippen molar-refractivity contribution in [2.75, 3.05) is 9.96 Å². The van der Waals surface area contributed by atoms with Gasteiger partial charge in [0.2, 0.25) is 5.91 Å². The van der Waals surface area contributed by atoms with E-state index in [2.05, 4.69) is 0 Å². The molecule has 0 spiro atoms. The van der Waals surface area contributed by atoms with Gasteiger partial charge in [-0.2, -0.15) is 13.2 Å². The van der Waals surface area contributed by atoms with E-state index < -0.39 is 53.1 Å². The van der Waals surface area contributed by atoms with Gasteiger partial charge >= 0.3 is 6.18 Å². The minimum atomic E-state index is -4.81. The zero-order valence-electron chi connectivity index (χ0n) is 17.2. The summed E-state index contributed by atoms with van der Waals surface area (Å²) in [7, 11) is 0. The maximum absolute atomic E-state index is 15.0. The van der Waals surface area contributed by atoms with Gasteiger partial charge in [0.1, 0.15) is 17.8 Å². The summed E-state index contributed by atoms with van der Waals surface area (Å²) in [5, 5.41) is 1.21. The summed E-state index contributed by atoms with van der Waals surface area (Å²) >= 11 is 6.29. The third kappa shape index (κ3) is 3.43. The van der Waals surface area contributed by atoms with Crippen molar-refractivity contribution >= 4 is 34.8 Å². The highest BCUT2D eigenvalue weighted by Crippen LogP contribution is 2.50. The molecule has 0 radical (unpaired) electrons. The number of nitrogens with zero attached hydrogens (tertiary/aromatic N) is 2. The Hall–Kier alpha value is -3.43. The fraction of sp³-hybridized carbons (Fsp3) is 0.167. The number of para-hydroxylation sites is 2. The fourth-order valence-corrected chi connectivity index (χ4v) is 4.72. The second kappa shape index (κ2) is 8.11. The van der Waals surface area contributed by atoms with Crippen molar-refractivity contribution in [3.05, 3.63) is 94.8 Å². The summed E-state index contributed by atoms with van der Waals surface area (Å²) in [6, 6.07) is 15.4. The van der Waals surface area contributed by atoms with Crippen molar-refractivity contribution in [1.29, 1.82) is 0 Å². The Morgan fingerprint density at radius 3 is 2.21 bits per heavy atom. The standard InChI is InChI=1S/C24H15ClF4N2O3/c25-15-10-6-11-16(26)18(15)20-19-21(34-31(20)13-7-2-1-3-8-13)23(33)30(22(19)32)17-12-5-4-9-14(17)24(27,28)29/h1-12,19-21H/t19-,20-,21+/m0/s1. The van der Waals surface area contributed by atoms with Gasteiger partial charge in [0.25, 0.3) is 5.91 Å². The molecule has 0 saturated carbocycles. The van der Waals surface area contributed by atoms with E-state index in [0.29, 0.717) is 10.6 Å². The predicted molar refractivity (Wildman–Crippen MR) is 115 cm³/mol. The van der Waals surface area contributed by atoms with Crippen molar-refractivity contribution in [1.82, 2.24) is 0 Å². The molecule has 5 nitrogen and oxygen atoms in total. The topological polar surface area (TPSA) is 49.9 Å². The Labute approximate surface area is 196 Å². The number of amides is 2. The molecule has 3 atom stereocenters. The summed E-state index contributed by atoms with van der Waals surface area (Å²) in [5.41, 5.74) is -1.42. The van der Waals surface area contributed by atoms with Crippen LogP contribution in [0.3, 0.4) is 0 Å². The van der Waals surface area contributed by atoms with Gasteiger partial charge in [-0.3, -0.25) is 14.4 Å². The van der Waals surface area contributed by atoms with Crippen LogP contribution in [0.5, 0.6) is 0 Å². The molecule has 34 heavy (non-hydrogen) atoms. The van der Waals surface area contributed by atoms with E-state index in [0.717, 1.165) is 24.3 Å². The number of anilines is 2. The van der Waals surface area contributed by atoms with Gasteiger partial charge in [-0.05, 0) is 36.4 Å². The number of fused-ring (bicyclic) bond motifs is 1. The van der Waals surface area contributed by atoms with Crippen LogP contribution in [-0.4, -0.2) is 17.9 Å². The van der Waals surface area contributed by atoms with Crippen LogP contribution >= 0.6 is 11.6 Å². The van der Waals surface area contributed by atoms with Crippen LogP contribution in [0.1, 0.15) is 17.2 Å². The predicted octanol–water partition coefficient (Wildman–Crippen LogP) is 5.55. The number of hydrogen-bond donors (Lipinski definition) is 0. The maximum atomic E-state index is 15.0. The van der Waals surface area contributed by atoms with E-state index in [9.17, 15) is 27.2 Å². The van der Waals surface area contributed by atoms with Crippen LogP contribution in [0.15, 0.2) is 72.8 Å². The van der Waals surface area contributed by atoms with Gasteiger partial charge < -0.3 is 0 Å². The van der Waals surface area contributed by atoms with Gasteiger partial charge in [-0.25, -0.2) is 14.4 Å². The summed E-state index contributed by atoms with van der Waals surface area (Å²) in [5.74, 6) is -3.97. The molecule has 0 N–H and O–H groups in total. The highest BCUT2D eigenvalue weighted by atomic mass is 35.5. The quantitative estimate of drug-likeness (QED) is 0.357. The van der Waals surface area contributed by atoms with Crippen molar-refractivity contribution in [3.63, 3.8) is 0 Å². The van der Waals surface area contributed by atoms with E-state index in [1.54, 1.807) is 30.3 Å². The van der Waals surface area contributed by atoms with Crippen LogP contribution in [0.4, 0.5) is 28.9 Å². The molecule has 0 aromatic heterocycles. The Morgan fingerprint density at radius 2 is 1.53 bits per heavy atom.